The molecular weight excluding hydrogens is 222 g/mol. The van der Waals surface area contributed by atoms with E-state index in [1.165, 1.54) is 12.9 Å². The van der Waals surface area contributed by atoms with Crippen molar-refractivity contribution in [2.45, 2.75) is 25.3 Å². The van der Waals surface area contributed by atoms with Gasteiger partial charge in [0.05, 0.1) is 13.5 Å². The number of methoxy groups -OCH3 is 1. The molecule has 0 amide bonds. The van der Waals surface area contributed by atoms with Crippen LogP contribution >= 0.6 is 11.8 Å². The zero-order valence-corrected chi connectivity index (χ0v) is 10.8. The Kier molecular flexibility index (Phi) is 6.57. The van der Waals surface area contributed by atoms with E-state index < -0.39 is 0 Å². The summed E-state index contributed by atoms with van der Waals surface area (Å²) in [5.74, 6) is 2.12. The molecule has 1 atom stereocenters. The average molecular weight is 243 g/mol. The summed E-state index contributed by atoms with van der Waals surface area (Å²) in [7, 11) is 1.46. The van der Waals surface area contributed by atoms with Gasteiger partial charge in [0, 0.05) is 24.1 Å². The molecule has 0 radical (unpaired) electrons. The number of hydrogen-bond acceptors (Lipinski definition) is 4. The molecule has 1 saturated heterocycles. The number of rotatable bonds is 6. The lowest BCUT2D eigenvalue weighted by molar-refractivity contribution is -0.141. The average Bonchev–Trinajstić information content (AvgIpc) is 2.31. The summed E-state index contributed by atoms with van der Waals surface area (Å²) in [6, 6.07) is 0.357. The molecule has 16 heavy (non-hydrogen) atoms. The van der Waals surface area contributed by atoms with Crippen LogP contribution in [0.5, 0.6) is 0 Å². The van der Waals surface area contributed by atoms with Crippen LogP contribution in [0.3, 0.4) is 0 Å². The third-order valence-electron chi connectivity index (χ3n) is 2.83. The standard InChI is InChI=1S/C12H21NO2S/c1-3-4-5-6-13-7-8-16-10-11(13)9-12(14)15-2/h3,11H,1,4-10H2,2H3/t11-/m1/s1. The molecule has 1 aliphatic heterocycles. The van der Waals surface area contributed by atoms with Gasteiger partial charge in [-0.25, -0.2) is 0 Å². The van der Waals surface area contributed by atoms with E-state index in [4.69, 9.17) is 4.74 Å². The molecule has 0 aromatic rings. The molecule has 1 heterocycles. The Hall–Kier alpha value is -0.480. The van der Waals surface area contributed by atoms with Crippen LogP contribution in [0.4, 0.5) is 0 Å². The molecule has 1 rings (SSSR count). The van der Waals surface area contributed by atoms with Gasteiger partial charge in [-0.2, -0.15) is 11.8 Å². The maximum Gasteiger partial charge on any atom is 0.307 e. The topological polar surface area (TPSA) is 29.5 Å². The molecule has 1 aliphatic rings. The molecule has 1 fully saturated rings. The molecule has 3 nitrogen and oxygen atoms in total. The molecule has 4 heteroatoms. The number of ether oxygens (including phenoxy) is 1. The maximum absolute atomic E-state index is 11.3. The van der Waals surface area contributed by atoms with Crippen LogP contribution in [0.1, 0.15) is 19.3 Å². The van der Waals surface area contributed by atoms with E-state index in [2.05, 4.69) is 11.5 Å². The molecule has 0 aliphatic carbocycles. The third-order valence-corrected chi connectivity index (χ3v) is 3.92. The predicted molar refractivity (Wildman–Crippen MR) is 68.8 cm³/mol. The predicted octanol–water partition coefficient (Wildman–Crippen LogP) is 1.93. The minimum Gasteiger partial charge on any atom is -0.469 e. The van der Waals surface area contributed by atoms with Crippen molar-refractivity contribution in [1.82, 2.24) is 4.90 Å². The number of carbonyl (C=O) groups excluding carboxylic acids is 1. The zero-order chi connectivity index (χ0) is 11.8. The van der Waals surface area contributed by atoms with E-state index in [-0.39, 0.29) is 5.97 Å². The van der Waals surface area contributed by atoms with Crippen LogP contribution in [0.15, 0.2) is 12.7 Å². The molecule has 0 unspecified atom stereocenters. The smallest absolute Gasteiger partial charge is 0.307 e. The Labute approximate surface area is 102 Å². The minimum atomic E-state index is -0.0961. The number of thioether (sulfide) groups is 1. The van der Waals surface area contributed by atoms with E-state index in [1.54, 1.807) is 0 Å². The van der Waals surface area contributed by atoms with Crippen molar-refractivity contribution in [2.75, 3.05) is 31.7 Å². The molecular formula is C12H21NO2S. The van der Waals surface area contributed by atoms with Crippen molar-refractivity contribution in [3.8, 4) is 0 Å². The number of hydrogen-bond donors (Lipinski definition) is 0. The Morgan fingerprint density at radius 1 is 1.69 bits per heavy atom. The normalized spacial score (nSPS) is 21.7. The molecule has 0 N–H and O–H groups in total. The molecule has 0 bridgehead atoms. The number of allylic oxidation sites excluding steroid dienone is 1. The summed E-state index contributed by atoms with van der Waals surface area (Å²) < 4.78 is 4.74. The minimum absolute atomic E-state index is 0.0961. The first kappa shape index (κ1) is 13.6. The fourth-order valence-electron chi connectivity index (χ4n) is 1.89. The Morgan fingerprint density at radius 3 is 3.19 bits per heavy atom. The summed E-state index contributed by atoms with van der Waals surface area (Å²) >= 11 is 1.93. The first-order valence-electron chi connectivity index (χ1n) is 5.77. The number of unbranched alkanes of at least 4 members (excludes halogenated alkanes) is 1. The highest BCUT2D eigenvalue weighted by atomic mass is 32.2. The van der Waals surface area contributed by atoms with Crippen LogP contribution in [-0.2, 0) is 9.53 Å². The van der Waals surface area contributed by atoms with Crippen molar-refractivity contribution < 1.29 is 9.53 Å². The number of carbonyl (C=O) groups is 1. The Morgan fingerprint density at radius 2 is 2.50 bits per heavy atom. The summed E-state index contributed by atoms with van der Waals surface area (Å²) in [5, 5.41) is 0. The number of nitrogens with zero attached hydrogens (tertiary/aromatic N) is 1. The second-order valence-corrected chi connectivity index (χ2v) is 5.13. The van der Waals surface area contributed by atoms with Crippen molar-refractivity contribution in [1.29, 1.82) is 0 Å². The van der Waals surface area contributed by atoms with E-state index in [9.17, 15) is 4.79 Å². The highest BCUT2D eigenvalue weighted by Crippen LogP contribution is 2.19. The van der Waals surface area contributed by atoms with E-state index >= 15 is 0 Å². The summed E-state index contributed by atoms with van der Waals surface area (Å²) in [4.78, 5) is 13.7. The first-order chi connectivity index (χ1) is 7.77. The third kappa shape index (κ3) is 4.58. The SMILES string of the molecule is C=CCCCN1CCSC[C@H]1CC(=O)OC. The lowest BCUT2D eigenvalue weighted by Gasteiger charge is -2.34. The fraction of sp³-hybridized carbons (Fsp3) is 0.750. The van der Waals surface area contributed by atoms with Crippen molar-refractivity contribution in [3.63, 3.8) is 0 Å². The van der Waals surface area contributed by atoms with Gasteiger partial charge >= 0.3 is 5.97 Å². The van der Waals surface area contributed by atoms with Gasteiger partial charge in [0.25, 0.3) is 0 Å². The van der Waals surface area contributed by atoms with E-state index in [1.807, 2.05) is 17.8 Å². The quantitative estimate of drug-likeness (QED) is 0.405. The summed E-state index contributed by atoms with van der Waals surface area (Å²) in [6.45, 7) is 5.88. The van der Waals surface area contributed by atoms with Gasteiger partial charge in [-0.15, -0.1) is 6.58 Å². The lowest BCUT2D eigenvalue weighted by Crippen LogP contribution is -2.44. The van der Waals surface area contributed by atoms with Crippen LogP contribution in [0.25, 0.3) is 0 Å². The first-order valence-corrected chi connectivity index (χ1v) is 6.93. The Balaban J connectivity index is 2.37. The highest BCUT2D eigenvalue weighted by Gasteiger charge is 2.24. The molecule has 0 aromatic heterocycles. The van der Waals surface area contributed by atoms with E-state index in [0.29, 0.717) is 12.5 Å². The van der Waals surface area contributed by atoms with Crippen LogP contribution < -0.4 is 0 Å². The van der Waals surface area contributed by atoms with Gasteiger partial charge in [-0.1, -0.05) is 6.08 Å². The second-order valence-electron chi connectivity index (χ2n) is 3.98. The summed E-state index contributed by atoms with van der Waals surface area (Å²) in [5.41, 5.74) is 0. The van der Waals surface area contributed by atoms with Gasteiger partial charge in [-0.05, 0) is 19.4 Å². The monoisotopic (exact) mass is 243 g/mol. The highest BCUT2D eigenvalue weighted by molar-refractivity contribution is 7.99. The summed E-state index contributed by atoms with van der Waals surface area (Å²) in [6.07, 6.45) is 4.66. The van der Waals surface area contributed by atoms with Crippen molar-refractivity contribution >= 4 is 17.7 Å². The lowest BCUT2D eigenvalue weighted by atomic mass is 10.1. The van der Waals surface area contributed by atoms with Gasteiger partial charge in [0.1, 0.15) is 0 Å². The fourth-order valence-corrected chi connectivity index (χ4v) is 3.02. The molecule has 0 spiro atoms. The largest absolute Gasteiger partial charge is 0.469 e. The Bertz CT molecular complexity index is 233. The molecule has 92 valence electrons. The molecule has 0 aromatic carbocycles. The second kappa shape index (κ2) is 7.74. The van der Waals surface area contributed by atoms with Gasteiger partial charge < -0.3 is 4.74 Å². The van der Waals surface area contributed by atoms with Crippen molar-refractivity contribution in [3.05, 3.63) is 12.7 Å². The van der Waals surface area contributed by atoms with E-state index in [0.717, 1.165) is 31.7 Å². The van der Waals surface area contributed by atoms with Gasteiger partial charge in [-0.3, -0.25) is 9.69 Å². The van der Waals surface area contributed by atoms with Gasteiger partial charge in [0.2, 0.25) is 0 Å². The van der Waals surface area contributed by atoms with Crippen molar-refractivity contribution in [2.24, 2.45) is 0 Å². The van der Waals surface area contributed by atoms with Crippen LogP contribution in [-0.4, -0.2) is 48.6 Å². The van der Waals surface area contributed by atoms with Crippen LogP contribution in [0.2, 0.25) is 0 Å². The molecule has 0 saturated carbocycles. The zero-order valence-electron chi connectivity index (χ0n) is 9.98. The maximum atomic E-state index is 11.3. The van der Waals surface area contributed by atoms with Crippen LogP contribution in [0, 0.1) is 0 Å². The van der Waals surface area contributed by atoms with Gasteiger partial charge in [0.15, 0.2) is 0 Å². The number of esters is 1.